The van der Waals surface area contributed by atoms with E-state index in [4.69, 9.17) is 0 Å². The second-order valence-electron chi connectivity index (χ2n) is 6.17. The van der Waals surface area contributed by atoms with Gasteiger partial charge in [-0.05, 0) is 69.3 Å². The lowest BCUT2D eigenvalue weighted by molar-refractivity contribution is 0.357. The molecule has 0 aliphatic heterocycles. The van der Waals surface area contributed by atoms with Crippen molar-refractivity contribution in [1.82, 2.24) is 9.62 Å². The number of aryl methyl sites for hydroxylation is 2. The number of nitrogens with one attached hydrogen (secondary N) is 1. The minimum Gasteiger partial charge on any atom is -0.316 e. The molecule has 0 radical (unpaired) electrons. The standard InChI is InChI=1S/C16H26N2O2S/c1-11-8-12(2)16(9-15(11)10-17-4)21(19,20)18(5)13(3)14-6-7-14/h8-9,13-14,17H,6-7,10H2,1-5H3. The number of rotatable bonds is 6. The fraction of sp³-hybridized carbons (Fsp3) is 0.625. The molecule has 0 heterocycles. The topological polar surface area (TPSA) is 49.4 Å². The monoisotopic (exact) mass is 310 g/mol. The third-order valence-corrected chi connectivity index (χ3v) is 6.62. The molecule has 4 nitrogen and oxygen atoms in total. The summed E-state index contributed by atoms with van der Waals surface area (Å²) in [5.41, 5.74) is 2.98. The van der Waals surface area contributed by atoms with Gasteiger partial charge in [-0.15, -0.1) is 0 Å². The molecular formula is C16H26N2O2S. The molecule has 1 atom stereocenters. The van der Waals surface area contributed by atoms with E-state index in [-0.39, 0.29) is 6.04 Å². The zero-order chi connectivity index (χ0) is 15.8. The predicted octanol–water partition coefficient (Wildman–Crippen LogP) is 2.44. The molecule has 1 aliphatic carbocycles. The van der Waals surface area contributed by atoms with Crippen LogP contribution >= 0.6 is 0 Å². The lowest BCUT2D eigenvalue weighted by Gasteiger charge is -2.25. The molecule has 1 saturated carbocycles. The maximum Gasteiger partial charge on any atom is 0.243 e. The van der Waals surface area contributed by atoms with Crippen LogP contribution in [-0.2, 0) is 16.6 Å². The molecule has 1 fully saturated rings. The Morgan fingerprint density at radius 1 is 1.29 bits per heavy atom. The fourth-order valence-corrected chi connectivity index (χ4v) is 4.46. The van der Waals surface area contributed by atoms with Gasteiger partial charge < -0.3 is 5.32 Å². The summed E-state index contributed by atoms with van der Waals surface area (Å²) in [6.07, 6.45) is 2.28. The van der Waals surface area contributed by atoms with E-state index in [9.17, 15) is 8.42 Å². The fourth-order valence-electron chi connectivity index (χ4n) is 2.78. The van der Waals surface area contributed by atoms with Crippen LogP contribution in [0.25, 0.3) is 0 Å². The smallest absolute Gasteiger partial charge is 0.243 e. The molecule has 2 rings (SSSR count). The molecular weight excluding hydrogens is 284 g/mol. The van der Waals surface area contributed by atoms with Crippen LogP contribution in [-0.4, -0.2) is 32.9 Å². The first-order valence-corrected chi connectivity index (χ1v) is 8.95. The lowest BCUT2D eigenvalue weighted by Crippen LogP contribution is -2.36. The highest BCUT2D eigenvalue weighted by atomic mass is 32.2. The van der Waals surface area contributed by atoms with Gasteiger partial charge in [-0.2, -0.15) is 4.31 Å². The van der Waals surface area contributed by atoms with E-state index >= 15 is 0 Å². The van der Waals surface area contributed by atoms with E-state index in [0.29, 0.717) is 17.4 Å². The molecule has 0 amide bonds. The summed E-state index contributed by atoms with van der Waals surface area (Å²) >= 11 is 0. The van der Waals surface area contributed by atoms with Gasteiger partial charge in [0, 0.05) is 19.6 Å². The van der Waals surface area contributed by atoms with Crippen molar-refractivity contribution in [2.45, 2.75) is 51.1 Å². The normalized spacial score (nSPS) is 17.2. The van der Waals surface area contributed by atoms with E-state index < -0.39 is 10.0 Å². The molecule has 21 heavy (non-hydrogen) atoms. The highest BCUT2D eigenvalue weighted by Gasteiger charge is 2.36. The Morgan fingerprint density at radius 2 is 1.90 bits per heavy atom. The first-order chi connectivity index (χ1) is 9.78. The van der Waals surface area contributed by atoms with Gasteiger partial charge in [0.15, 0.2) is 0 Å². The summed E-state index contributed by atoms with van der Waals surface area (Å²) in [4.78, 5) is 0.438. The minimum atomic E-state index is -3.43. The van der Waals surface area contributed by atoms with Crippen LogP contribution in [0.2, 0.25) is 0 Å². The first kappa shape index (κ1) is 16.5. The van der Waals surface area contributed by atoms with Crippen molar-refractivity contribution < 1.29 is 8.42 Å². The number of nitrogens with zero attached hydrogens (tertiary/aromatic N) is 1. The summed E-state index contributed by atoms with van der Waals surface area (Å²) in [5, 5.41) is 3.09. The summed E-state index contributed by atoms with van der Waals surface area (Å²) < 4.78 is 27.3. The van der Waals surface area contributed by atoms with E-state index in [2.05, 4.69) is 5.32 Å². The third-order valence-electron chi connectivity index (χ3n) is 4.54. The van der Waals surface area contributed by atoms with Crippen LogP contribution in [0.15, 0.2) is 17.0 Å². The van der Waals surface area contributed by atoms with Crippen molar-refractivity contribution in [3.63, 3.8) is 0 Å². The highest BCUT2D eigenvalue weighted by Crippen LogP contribution is 2.37. The van der Waals surface area contributed by atoms with E-state index in [1.165, 1.54) is 0 Å². The predicted molar refractivity (Wildman–Crippen MR) is 85.8 cm³/mol. The van der Waals surface area contributed by atoms with Gasteiger partial charge in [0.2, 0.25) is 10.0 Å². The van der Waals surface area contributed by atoms with Crippen LogP contribution in [0.4, 0.5) is 0 Å². The molecule has 1 unspecified atom stereocenters. The maximum absolute atomic E-state index is 12.9. The van der Waals surface area contributed by atoms with Crippen molar-refractivity contribution in [3.05, 3.63) is 28.8 Å². The Morgan fingerprint density at radius 3 is 2.43 bits per heavy atom. The van der Waals surface area contributed by atoms with Gasteiger partial charge in [0.25, 0.3) is 0 Å². The van der Waals surface area contributed by atoms with E-state index in [1.54, 1.807) is 11.4 Å². The average Bonchev–Trinajstić information content (AvgIpc) is 3.24. The van der Waals surface area contributed by atoms with Crippen LogP contribution < -0.4 is 5.32 Å². The van der Waals surface area contributed by atoms with Gasteiger partial charge in [-0.25, -0.2) is 8.42 Å². The Labute approximate surface area is 128 Å². The molecule has 0 bridgehead atoms. The number of sulfonamides is 1. The van der Waals surface area contributed by atoms with Gasteiger partial charge in [0.05, 0.1) is 4.90 Å². The summed E-state index contributed by atoms with van der Waals surface area (Å²) in [6, 6.07) is 3.87. The van der Waals surface area contributed by atoms with Crippen molar-refractivity contribution in [2.24, 2.45) is 5.92 Å². The van der Waals surface area contributed by atoms with Crippen LogP contribution in [0.5, 0.6) is 0 Å². The maximum atomic E-state index is 12.9. The summed E-state index contributed by atoms with van der Waals surface area (Å²) in [7, 11) is 0.148. The largest absolute Gasteiger partial charge is 0.316 e. The van der Waals surface area contributed by atoms with Crippen molar-refractivity contribution >= 4 is 10.0 Å². The molecule has 0 spiro atoms. The summed E-state index contributed by atoms with van der Waals surface area (Å²) in [6.45, 7) is 6.58. The van der Waals surface area contributed by atoms with Crippen LogP contribution in [0, 0.1) is 19.8 Å². The Balaban J connectivity index is 2.41. The Kier molecular flexibility index (Phi) is 4.76. The highest BCUT2D eigenvalue weighted by molar-refractivity contribution is 7.89. The van der Waals surface area contributed by atoms with E-state index in [0.717, 1.165) is 29.5 Å². The molecule has 1 aliphatic rings. The number of hydrogen-bond acceptors (Lipinski definition) is 3. The second kappa shape index (κ2) is 6.07. The second-order valence-corrected chi connectivity index (χ2v) is 8.14. The van der Waals surface area contributed by atoms with Gasteiger partial charge in [0.1, 0.15) is 0 Å². The van der Waals surface area contributed by atoms with Crippen molar-refractivity contribution in [3.8, 4) is 0 Å². The minimum absolute atomic E-state index is 0.0726. The van der Waals surface area contributed by atoms with Gasteiger partial charge in [-0.3, -0.25) is 0 Å². The molecule has 118 valence electrons. The zero-order valence-corrected chi connectivity index (χ0v) is 14.4. The summed E-state index contributed by atoms with van der Waals surface area (Å²) in [5.74, 6) is 0.521. The molecule has 0 saturated heterocycles. The Bertz CT molecular complexity index is 621. The molecule has 0 aromatic heterocycles. The lowest BCUT2D eigenvalue weighted by atomic mass is 10.1. The van der Waals surface area contributed by atoms with Gasteiger partial charge in [-0.1, -0.05) is 6.07 Å². The molecule has 1 aromatic rings. The SMILES string of the molecule is CNCc1cc(S(=O)(=O)N(C)C(C)C2CC2)c(C)cc1C. The van der Waals surface area contributed by atoms with Gasteiger partial charge >= 0.3 is 0 Å². The Hall–Kier alpha value is -0.910. The van der Waals surface area contributed by atoms with Crippen LogP contribution in [0.1, 0.15) is 36.5 Å². The zero-order valence-electron chi connectivity index (χ0n) is 13.6. The van der Waals surface area contributed by atoms with Crippen LogP contribution in [0.3, 0.4) is 0 Å². The molecule has 1 N–H and O–H groups in total. The molecule has 5 heteroatoms. The third kappa shape index (κ3) is 3.30. The number of hydrogen-bond donors (Lipinski definition) is 1. The van der Waals surface area contributed by atoms with E-state index in [1.807, 2.05) is 40.0 Å². The number of benzene rings is 1. The van der Waals surface area contributed by atoms with Crippen molar-refractivity contribution in [1.29, 1.82) is 0 Å². The molecule has 1 aromatic carbocycles. The quantitative estimate of drug-likeness (QED) is 0.878. The average molecular weight is 310 g/mol. The van der Waals surface area contributed by atoms with Crippen molar-refractivity contribution in [2.75, 3.05) is 14.1 Å². The first-order valence-electron chi connectivity index (χ1n) is 7.51.